The summed E-state index contributed by atoms with van der Waals surface area (Å²) < 4.78 is 1.72. The van der Waals surface area contributed by atoms with Gasteiger partial charge in [0.05, 0.1) is 22.7 Å². The van der Waals surface area contributed by atoms with Crippen molar-refractivity contribution < 1.29 is 9.72 Å². The van der Waals surface area contributed by atoms with Gasteiger partial charge in [-0.2, -0.15) is 5.10 Å². The first kappa shape index (κ1) is 22.9. The molecule has 172 valence electrons. The van der Waals surface area contributed by atoms with Crippen LogP contribution in [0.15, 0.2) is 85.1 Å². The molecular weight excluding hydrogens is 430 g/mol. The van der Waals surface area contributed by atoms with Crippen molar-refractivity contribution in [3.05, 3.63) is 106 Å². The monoisotopic (exact) mass is 455 g/mol. The summed E-state index contributed by atoms with van der Waals surface area (Å²) in [6, 6.07) is 23.5. The topological polar surface area (TPSA) is 93.3 Å². The number of non-ortho nitro benzene ring substituents is 1. The zero-order valence-electron chi connectivity index (χ0n) is 19.0. The Morgan fingerprint density at radius 1 is 0.971 bits per heavy atom. The van der Waals surface area contributed by atoms with Gasteiger partial charge in [0.25, 0.3) is 5.69 Å². The van der Waals surface area contributed by atoms with Crippen LogP contribution in [0.25, 0.3) is 16.9 Å². The van der Waals surface area contributed by atoms with Crippen LogP contribution in [0.5, 0.6) is 0 Å². The number of nitrogens with zero attached hydrogens (tertiary/aromatic N) is 4. The van der Waals surface area contributed by atoms with E-state index in [-0.39, 0.29) is 18.0 Å². The maximum atomic E-state index is 13.0. The first-order valence-corrected chi connectivity index (χ1v) is 10.8. The lowest BCUT2D eigenvalue weighted by Crippen LogP contribution is -2.18. The fourth-order valence-electron chi connectivity index (χ4n) is 3.72. The van der Waals surface area contributed by atoms with Gasteiger partial charge in [-0.15, -0.1) is 0 Å². The van der Waals surface area contributed by atoms with Gasteiger partial charge in [-0.3, -0.25) is 14.9 Å². The van der Waals surface area contributed by atoms with Crippen LogP contribution in [-0.2, 0) is 17.8 Å². The average molecular weight is 456 g/mol. The zero-order chi connectivity index (χ0) is 24.1. The van der Waals surface area contributed by atoms with Crippen LogP contribution in [0.1, 0.15) is 11.1 Å². The molecule has 0 unspecified atom stereocenters. The SMILES string of the molecule is CN(C)Cc1ccccc1NC(=O)Cc1cn(-c2ccccc2)nc1-c1ccc([N+](=O)[O-])cc1. The van der Waals surface area contributed by atoms with Crippen molar-refractivity contribution in [1.82, 2.24) is 14.7 Å². The smallest absolute Gasteiger partial charge is 0.269 e. The van der Waals surface area contributed by atoms with E-state index in [1.54, 1.807) is 16.8 Å². The van der Waals surface area contributed by atoms with E-state index in [9.17, 15) is 14.9 Å². The van der Waals surface area contributed by atoms with E-state index in [0.717, 1.165) is 22.5 Å². The molecule has 0 atom stereocenters. The Morgan fingerprint density at radius 2 is 1.65 bits per heavy atom. The van der Waals surface area contributed by atoms with Crippen LogP contribution >= 0.6 is 0 Å². The molecule has 8 heteroatoms. The Morgan fingerprint density at radius 3 is 2.32 bits per heavy atom. The van der Waals surface area contributed by atoms with Crippen LogP contribution in [0.4, 0.5) is 11.4 Å². The molecule has 1 heterocycles. The van der Waals surface area contributed by atoms with Gasteiger partial charge in [0.15, 0.2) is 0 Å². The van der Waals surface area contributed by atoms with Crippen molar-refractivity contribution >= 4 is 17.3 Å². The standard InChI is InChI=1S/C26H25N5O3/c1-29(2)17-20-8-6-7-11-24(20)27-25(32)16-21-18-30(22-9-4-3-5-10-22)28-26(21)19-12-14-23(15-13-19)31(33)34/h3-15,18H,16-17H2,1-2H3,(H,27,32). The first-order valence-electron chi connectivity index (χ1n) is 10.8. The number of nitro benzene ring substituents is 1. The molecule has 34 heavy (non-hydrogen) atoms. The van der Waals surface area contributed by atoms with Gasteiger partial charge >= 0.3 is 0 Å². The number of anilines is 1. The number of hydrogen-bond donors (Lipinski definition) is 1. The number of nitro groups is 1. The minimum absolute atomic E-state index is 0.00281. The van der Waals surface area contributed by atoms with Crippen molar-refractivity contribution in [2.45, 2.75) is 13.0 Å². The Hall–Kier alpha value is -4.30. The van der Waals surface area contributed by atoms with E-state index < -0.39 is 4.92 Å². The van der Waals surface area contributed by atoms with Gasteiger partial charge in [0, 0.05) is 41.7 Å². The van der Waals surface area contributed by atoms with Crippen molar-refractivity contribution in [2.24, 2.45) is 0 Å². The number of aromatic nitrogens is 2. The van der Waals surface area contributed by atoms with Gasteiger partial charge in [-0.05, 0) is 50.0 Å². The van der Waals surface area contributed by atoms with E-state index in [2.05, 4.69) is 5.32 Å². The summed E-state index contributed by atoms with van der Waals surface area (Å²) in [6.45, 7) is 0.705. The molecule has 0 saturated heterocycles. The van der Waals surface area contributed by atoms with Crippen molar-refractivity contribution in [3.8, 4) is 16.9 Å². The van der Waals surface area contributed by atoms with Crippen LogP contribution in [0.3, 0.4) is 0 Å². The number of hydrogen-bond acceptors (Lipinski definition) is 5. The highest BCUT2D eigenvalue weighted by atomic mass is 16.6. The number of amides is 1. The second-order valence-electron chi connectivity index (χ2n) is 8.21. The van der Waals surface area contributed by atoms with E-state index >= 15 is 0 Å². The van der Waals surface area contributed by atoms with Gasteiger partial charge < -0.3 is 10.2 Å². The number of benzene rings is 3. The van der Waals surface area contributed by atoms with Crippen molar-refractivity contribution in [3.63, 3.8) is 0 Å². The van der Waals surface area contributed by atoms with E-state index in [1.165, 1.54) is 12.1 Å². The second-order valence-corrected chi connectivity index (χ2v) is 8.21. The van der Waals surface area contributed by atoms with E-state index in [0.29, 0.717) is 17.8 Å². The largest absolute Gasteiger partial charge is 0.325 e. The molecule has 0 fully saturated rings. The molecular formula is C26H25N5O3. The Kier molecular flexibility index (Phi) is 6.79. The summed E-state index contributed by atoms with van der Waals surface area (Å²) in [5, 5.41) is 18.8. The van der Waals surface area contributed by atoms with Crippen LogP contribution in [0.2, 0.25) is 0 Å². The Balaban J connectivity index is 1.64. The van der Waals surface area contributed by atoms with Gasteiger partial charge in [-0.1, -0.05) is 36.4 Å². The summed E-state index contributed by atoms with van der Waals surface area (Å²) in [6.07, 6.45) is 1.94. The fourth-order valence-corrected chi connectivity index (χ4v) is 3.72. The highest BCUT2D eigenvalue weighted by Gasteiger charge is 2.17. The number of para-hydroxylation sites is 2. The molecule has 0 aliphatic rings. The predicted octanol–water partition coefficient (Wildman–Crippen LogP) is 4.69. The van der Waals surface area contributed by atoms with Crippen molar-refractivity contribution in [1.29, 1.82) is 0 Å². The third kappa shape index (κ3) is 5.36. The van der Waals surface area contributed by atoms with Crippen LogP contribution in [0, 0.1) is 10.1 Å². The van der Waals surface area contributed by atoms with Gasteiger partial charge in [-0.25, -0.2) is 4.68 Å². The Labute approximate surface area is 197 Å². The normalized spacial score (nSPS) is 10.9. The fraction of sp³-hybridized carbons (Fsp3) is 0.154. The number of carbonyl (C=O) groups excluding carboxylic acids is 1. The molecule has 3 aromatic carbocycles. The molecule has 4 rings (SSSR count). The second kappa shape index (κ2) is 10.1. The molecule has 0 saturated carbocycles. The summed E-state index contributed by atoms with van der Waals surface area (Å²) in [5.41, 5.74) is 4.69. The molecule has 4 aromatic rings. The van der Waals surface area contributed by atoms with E-state index in [4.69, 9.17) is 5.10 Å². The molecule has 0 radical (unpaired) electrons. The number of rotatable bonds is 8. The highest BCUT2D eigenvalue weighted by molar-refractivity contribution is 5.94. The first-order chi connectivity index (χ1) is 16.4. The maximum absolute atomic E-state index is 13.0. The molecule has 1 amide bonds. The summed E-state index contributed by atoms with van der Waals surface area (Å²) in [7, 11) is 3.96. The quantitative estimate of drug-likeness (QED) is 0.307. The highest BCUT2D eigenvalue weighted by Crippen LogP contribution is 2.27. The lowest BCUT2D eigenvalue weighted by atomic mass is 10.1. The summed E-state index contributed by atoms with van der Waals surface area (Å²) in [5.74, 6) is -0.165. The van der Waals surface area contributed by atoms with E-state index in [1.807, 2.05) is 79.8 Å². The molecule has 8 nitrogen and oxygen atoms in total. The Bertz CT molecular complexity index is 1300. The molecule has 0 bridgehead atoms. The minimum atomic E-state index is -0.439. The maximum Gasteiger partial charge on any atom is 0.269 e. The lowest BCUT2D eigenvalue weighted by molar-refractivity contribution is -0.384. The third-order valence-corrected chi connectivity index (χ3v) is 5.29. The molecule has 0 aliphatic carbocycles. The number of nitrogens with one attached hydrogen (secondary N) is 1. The summed E-state index contributed by atoms with van der Waals surface area (Å²) >= 11 is 0. The number of carbonyl (C=O) groups is 1. The van der Waals surface area contributed by atoms with Crippen molar-refractivity contribution in [2.75, 3.05) is 19.4 Å². The molecule has 0 aliphatic heterocycles. The minimum Gasteiger partial charge on any atom is -0.325 e. The predicted molar refractivity (Wildman–Crippen MR) is 132 cm³/mol. The zero-order valence-corrected chi connectivity index (χ0v) is 19.0. The molecule has 1 aromatic heterocycles. The molecule has 1 N–H and O–H groups in total. The molecule has 0 spiro atoms. The van der Waals surface area contributed by atoms with Crippen LogP contribution in [-0.4, -0.2) is 39.6 Å². The van der Waals surface area contributed by atoms with Crippen LogP contribution < -0.4 is 5.32 Å². The third-order valence-electron chi connectivity index (χ3n) is 5.29. The van der Waals surface area contributed by atoms with Gasteiger partial charge in [0.1, 0.15) is 0 Å². The van der Waals surface area contributed by atoms with Gasteiger partial charge in [0.2, 0.25) is 5.91 Å². The summed E-state index contributed by atoms with van der Waals surface area (Å²) in [4.78, 5) is 25.7. The average Bonchev–Trinajstić information content (AvgIpc) is 3.24. The lowest BCUT2D eigenvalue weighted by Gasteiger charge is -2.15.